The molecule has 0 heterocycles. The van der Waals surface area contributed by atoms with Crippen LogP contribution in [-0.4, -0.2) is 33.1 Å². The molecule has 0 spiro atoms. The van der Waals surface area contributed by atoms with Gasteiger partial charge >= 0.3 is 0 Å². The first-order valence-electron chi connectivity index (χ1n) is 11.3. The third-order valence-electron chi connectivity index (χ3n) is 5.26. The number of hydrogen-bond donors (Lipinski definition) is 2. The molecule has 3 aromatic rings. The largest absolute Gasteiger partial charge is 0.493 e. The highest BCUT2D eigenvalue weighted by atomic mass is 79.9. The summed E-state index contributed by atoms with van der Waals surface area (Å²) < 4.78 is 33.7. The number of carbonyl (C=O) groups is 1. The van der Waals surface area contributed by atoms with E-state index < -0.39 is 15.9 Å². The number of thiocarbonyl (C=S) groups is 1. The van der Waals surface area contributed by atoms with Gasteiger partial charge in [0.25, 0.3) is 15.9 Å². The Morgan fingerprint density at radius 3 is 2.36 bits per heavy atom. The molecule has 36 heavy (non-hydrogen) atoms. The molecule has 0 radical (unpaired) electrons. The summed E-state index contributed by atoms with van der Waals surface area (Å²) in [6.45, 7) is 4.70. The van der Waals surface area contributed by atoms with Gasteiger partial charge in [0, 0.05) is 17.2 Å². The van der Waals surface area contributed by atoms with Crippen molar-refractivity contribution < 1.29 is 17.9 Å². The minimum absolute atomic E-state index is 0.0742. The molecule has 0 atom stereocenters. The monoisotopic (exact) mass is 589 g/mol. The van der Waals surface area contributed by atoms with E-state index in [0.717, 1.165) is 10.9 Å². The van der Waals surface area contributed by atoms with Gasteiger partial charge in [0.05, 0.1) is 22.8 Å². The zero-order chi connectivity index (χ0) is 26.3. The fourth-order valence-electron chi connectivity index (χ4n) is 3.19. The van der Waals surface area contributed by atoms with Crippen LogP contribution in [0.5, 0.6) is 5.75 Å². The van der Waals surface area contributed by atoms with Gasteiger partial charge < -0.3 is 10.1 Å². The maximum atomic E-state index is 12.9. The lowest BCUT2D eigenvalue weighted by atomic mass is 10.1. The highest BCUT2D eigenvalue weighted by molar-refractivity contribution is 9.10. The summed E-state index contributed by atoms with van der Waals surface area (Å²) in [6, 6.07) is 20.2. The molecule has 0 fully saturated rings. The van der Waals surface area contributed by atoms with E-state index in [1.54, 1.807) is 48.5 Å². The van der Waals surface area contributed by atoms with Crippen LogP contribution in [0, 0.1) is 5.92 Å². The Balaban J connectivity index is 1.65. The second-order valence-corrected chi connectivity index (χ2v) is 11.7. The van der Waals surface area contributed by atoms with E-state index in [9.17, 15) is 13.2 Å². The van der Waals surface area contributed by atoms with Gasteiger partial charge in [0.2, 0.25) is 0 Å². The number of halogens is 1. The molecule has 0 aliphatic heterocycles. The third-order valence-corrected chi connectivity index (χ3v) is 7.75. The zero-order valence-corrected chi connectivity index (χ0v) is 23.4. The molecule has 0 aliphatic carbocycles. The van der Waals surface area contributed by atoms with Crippen molar-refractivity contribution in [3.8, 4) is 5.75 Å². The van der Waals surface area contributed by atoms with Gasteiger partial charge in [-0.3, -0.25) is 14.4 Å². The van der Waals surface area contributed by atoms with Gasteiger partial charge in [-0.05, 0) is 79.2 Å². The number of amides is 1. The van der Waals surface area contributed by atoms with Crippen LogP contribution in [-0.2, 0) is 10.0 Å². The van der Waals surface area contributed by atoms with E-state index in [1.807, 2.05) is 12.1 Å². The maximum absolute atomic E-state index is 12.9. The number of nitrogens with one attached hydrogen (secondary N) is 2. The van der Waals surface area contributed by atoms with Crippen molar-refractivity contribution in [1.29, 1.82) is 0 Å². The van der Waals surface area contributed by atoms with Crippen LogP contribution in [0.2, 0.25) is 0 Å². The predicted molar refractivity (Wildman–Crippen MR) is 151 cm³/mol. The van der Waals surface area contributed by atoms with Crippen molar-refractivity contribution in [1.82, 2.24) is 5.32 Å². The molecule has 0 saturated carbocycles. The van der Waals surface area contributed by atoms with Gasteiger partial charge in [-0.2, -0.15) is 0 Å². The number of nitrogens with zero attached hydrogens (tertiary/aromatic N) is 1. The summed E-state index contributed by atoms with van der Waals surface area (Å²) in [5, 5.41) is 5.64. The van der Waals surface area contributed by atoms with Crippen LogP contribution in [0.3, 0.4) is 0 Å². The highest BCUT2D eigenvalue weighted by Gasteiger charge is 2.21. The van der Waals surface area contributed by atoms with Crippen LogP contribution < -0.4 is 19.7 Å². The van der Waals surface area contributed by atoms with E-state index in [0.29, 0.717) is 35.2 Å². The quantitative estimate of drug-likeness (QED) is 0.305. The molecule has 0 unspecified atom stereocenters. The maximum Gasteiger partial charge on any atom is 0.264 e. The summed E-state index contributed by atoms with van der Waals surface area (Å²) in [5.74, 6) is 0.530. The Kier molecular flexibility index (Phi) is 9.47. The molecule has 0 saturated heterocycles. The van der Waals surface area contributed by atoms with Crippen LogP contribution in [0.25, 0.3) is 0 Å². The molecule has 7 nitrogen and oxygen atoms in total. The molecular weight excluding hydrogens is 562 g/mol. The highest BCUT2D eigenvalue weighted by Crippen LogP contribution is 2.25. The fraction of sp³-hybridized carbons (Fsp3) is 0.231. The standard InChI is InChI=1S/C26H28BrN3O4S2/c1-18(2)15-16-34-24-14-9-19(27)17-23(24)25(31)29-26(35)28-20-10-12-22(13-11-20)36(32,33)30(3)21-7-5-4-6-8-21/h4-14,17-18H,15-16H2,1-3H3,(H2,28,29,31,35). The number of hydrogen-bond acceptors (Lipinski definition) is 5. The Labute approximate surface area is 226 Å². The number of ether oxygens (including phenoxy) is 1. The number of carbonyl (C=O) groups excluding carboxylic acids is 1. The number of sulfonamides is 1. The lowest BCUT2D eigenvalue weighted by Crippen LogP contribution is -2.34. The zero-order valence-electron chi connectivity index (χ0n) is 20.2. The summed E-state index contributed by atoms with van der Waals surface area (Å²) in [5.41, 5.74) is 1.44. The topological polar surface area (TPSA) is 87.7 Å². The van der Waals surface area contributed by atoms with Crippen molar-refractivity contribution in [3.05, 3.63) is 82.8 Å². The number of benzene rings is 3. The molecule has 0 bridgehead atoms. The normalized spacial score (nSPS) is 11.1. The van der Waals surface area contributed by atoms with E-state index in [4.69, 9.17) is 17.0 Å². The van der Waals surface area contributed by atoms with Crippen LogP contribution in [0.15, 0.2) is 82.2 Å². The molecule has 3 aromatic carbocycles. The molecular formula is C26H28BrN3O4S2. The molecule has 10 heteroatoms. The van der Waals surface area contributed by atoms with Crippen LogP contribution >= 0.6 is 28.1 Å². The van der Waals surface area contributed by atoms with Crippen molar-refractivity contribution >= 4 is 60.6 Å². The second-order valence-electron chi connectivity index (χ2n) is 8.41. The first kappa shape index (κ1) is 27.6. The molecule has 0 aliphatic rings. The van der Waals surface area contributed by atoms with Gasteiger partial charge in [-0.1, -0.05) is 48.0 Å². The smallest absolute Gasteiger partial charge is 0.264 e. The number of rotatable bonds is 9. The summed E-state index contributed by atoms with van der Waals surface area (Å²) >= 11 is 8.69. The lowest BCUT2D eigenvalue weighted by Gasteiger charge is -2.19. The minimum atomic E-state index is -3.73. The molecule has 1 amide bonds. The average molecular weight is 591 g/mol. The van der Waals surface area contributed by atoms with Crippen LogP contribution in [0.4, 0.5) is 11.4 Å². The van der Waals surface area contributed by atoms with Gasteiger partial charge in [-0.25, -0.2) is 8.42 Å². The molecule has 2 N–H and O–H groups in total. The number of anilines is 2. The first-order valence-corrected chi connectivity index (χ1v) is 13.9. The second kappa shape index (κ2) is 12.3. The van der Waals surface area contributed by atoms with Gasteiger partial charge in [-0.15, -0.1) is 0 Å². The Morgan fingerprint density at radius 1 is 1.06 bits per heavy atom. The van der Waals surface area contributed by atoms with E-state index in [-0.39, 0.29) is 10.0 Å². The van der Waals surface area contributed by atoms with E-state index >= 15 is 0 Å². The Morgan fingerprint density at radius 2 is 1.72 bits per heavy atom. The summed E-state index contributed by atoms with van der Waals surface area (Å²) in [4.78, 5) is 13.0. The van der Waals surface area contributed by atoms with Crippen LogP contribution in [0.1, 0.15) is 30.6 Å². The predicted octanol–water partition coefficient (Wildman–Crippen LogP) is 5.83. The van der Waals surface area contributed by atoms with Crippen molar-refractivity contribution in [2.75, 3.05) is 23.3 Å². The van der Waals surface area contributed by atoms with E-state index in [2.05, 4.69) is 40.4 Å². The molecule has 3 rings (SSSR count). The van der Waals surface area contributed by atoms with Gasteiger partial charge in [0.1, 0.15) is 5.75 Å². The lowest BCUT2D eigenvalue weighted by molar-refractivity contribution is 0.0973. The van der Waals surface area contributed by atoms with E-state index in [1.165, 1.54) is 23.5 Å². The van der Waals surface area contributed by atoms with Crippen molar-refractivity contribution in [3.63, 3.8) is 0 Å². The van der Waals surface area contributed by atoms with Crippen molar-refractivity contribution in [2.24, 2.45) is 5.92 Å². The number of para-hydroxylation sites is 1. The van der Waals surface area contributed by atoms with Gasteiger partial charge in [0.15, 0.2) is 5.11 Å². The Bertz CT molecular complexity index is 1310. The van der Waals surface area contributed by atoms with Crippen molar-refractivity contribution in [2.45, 2.75) is 25.2 Å². The SMILES string of the molecule is CC(C)CCOc1ccc(Br)cc1C(=O)NC(=S)Nc1ccc(S(=O)(=O)N(C)c2ccccc2)cc1. The fourth-order valence-corrected chi connectivity index (χ4v) is 4.96. The molecule has 0 aromatic heterocycles. The minimum Gasteiger partial charge on any atom is -0.493 e. The Hall–Kier alpha value is -2.95. The summed E-state index contributed by atoms with van der Waals surface area (Å²) in [7, 11) is -2.23. The first-order chi connectivity index (χ1) is 17.1. The third kappa shape index (κ3) is 7.28. The molecule has 190 valence electrons. The summed E-state index contributed by atoms with van der Waals surface area (Å²) in [6.07, 6.45) is 0.865. The average Bonchev–Trinajstić information content (AvgIpc) is 2.85.